The summed E-state index contributed by atoms with van der Waals surface area (Å²) >= 11 is 0. The molecule has 0 radical (unpaired) electrons. The van der Waals surface area contributed by atoms with Gasteiger partial charge in [0.1, 0.15) is 0 Å². The normalized spacial score (nSPS) is 21.1. The first-order valence-corrected chi connectivity index (χ1v) is 9.95. The molecule has 1 amide bonds. The van der Waals surface area contributed by atoms with Crippen LogP contribution in [0.5, 0.6) is 0 Å². The molecule has 4 rings (SSSR count). The van der Waals surface area contributed by atoms with Crippen LogP contribution in [0.3, 0.4) is 0 Å². The van der Waals surface area contributed by atoms with Crippen LogP contribution in [-0.2, 0) is 6.42 Å². The fraction of sp³-hybridized carbons (Fsp3) is 0.435. The first-order valence-electron chi connectivity index (χ1n) is 9.95. The Kier molecular flexibility index (Phi) is 5.28. The minimum atomic E-state index is 0.186. The lowest BCUT2D eigenvalue weighted by Gasteiger charge is -2.46. The van der Waals surface area contributed by atoms with Crippen LogP contribution >= 0.6 is 0 Å². The molecule has 142 valence electrons. The summed E-state index contributed by atoms with van der Waals surface area (Å²) in [6.45, 7) is 8.06. The molecule has 2 aliphatic rings. The van der Waals surface area contributed by atoms with Gasteiger partial charge in [0.15, 0.2) is 0 Å². The number of piperazine rings is 2. The minimum Gasteiger partial charge on any atom is -0.336 e. The van der Waals surface area contributed by atoms with Crippen molar-refractivity contribution in [3.8, 4) is 0 Å². The van der Waals surface area contributed by atoms with E-state index in [-0.39, 0.29) is 5.91 Å². The highest BCUT2D eigenvalue weighted by molar-refractivity contribution is 5.96. The molecule has 0 spiro atoms. The molecule has 2 aliphatic heterocycles. The standard InChI is InChI=1S/C23H29N3O/c1-18-7-9-19(10-8-18)15-20-5-3-4-6-22(20)23(27)26-14-13-25-12-11-24(2)16-21(25)17-26/h3-10,21H,11-17H2,1-2H3/t21-/m0/s1. The van der Waals surface area contributed by atoms with Crippen LogP contribution in [0.2, 0.25) is 0 Å². The minimum absolute atomic E-state index is 0.186. The second-order valence-electron chi connectivity index (χ2n) is 8.02. The monoisotopic (exact) mass is 363 g/mol. The zero-order valence-corrected chi connectivity index (χ0v) is 16.4. The molecule has 0 bridgehead atoms. The fourth-order valence-corrected chi connectivity index (χ4v) is 4.27. The number of benzene rings is 2. The smallest absolute Gasteiger partial charge is 0.254 e. The number of likely N-dealkylation sites (N-methyl/N-ethyl adjacent to an activating group) is 1. The first-order chi connectivity index (χ1) is 13.1. The number of hydrogen-bond acceptors (Lipinski definition) is 3. The molecule has 2 fully saturated rings. The van der Waals surface area contributed by atoms with Crippen molar-refractivity contribution in [2.45, 2.75) is 19.4 Å². The Labute approximate surface area is 162 Å². The Morgan fingerprint density at radius 2 is 1.70 bits per heavy atom. The molecule has 0 aliphatic carbocycles. The third kappa shape index (κ3) is 4.07. The van der Waals surface area contributed by atoms with Gasteiger partial charge in [-0.2, -0.15) is 0 Å². The Hall–Kier alpha value is -2.17. The average molecular weight is 364 g/mol. The van der Waals surface area contributed by atoms with E-state index in [9.17, 15) is 4.79 Å². The van der Waals surface area contributed by atoms with Crippen molar-refractivity contribution in [3.63, 3.8) is 0 Å². The molecule has 2 saturated heterocycles. The molecule has 4 nitrogen and oxygen atoms in total. The van der Waals surface area contributed by atoms with Gasteiger partial charge in [0.25, 0.3) is 5.91 Å². The predicted molar refractivity (Wildman–Crippen MR) is 109 cm³/mol. The van der Waals surface area contributed by atoms with E-state index < -0.39 is 0 Å². The second-order valence-corrected chi connectivity index (χ2v) is 8.02. The van der Waals surface area contributed by atoms with Crippen molar-refractivity contribution >= 4 is 5.91 Å². The summed E-state index contributed by atoms with van der Waals surface area (Å²) in [5, 5.41) is 0. The molecule has 1 atom stereocenters. The molecule has 0 N–H and O–H groups in total. The van der Waals surface area contributed by atoms with E-state index in [0.717, 1.165) is 56.8 Å². The molecular formula is C23H29N3O. The number of fused-ring (bicyclic) bond motifs is 1. The van der Waals surface area contributed by atoms with Crippen LogP contribution in [0.15, 0.2) is 48.5 Å². The third-order valence-electron chi connectivity index (χ3n) is 5.95. The van der Waals surface area contributed by atoms with E-state index in [0.29, 0.717) is 6.04 Å². The van der Waals surface area contributed by atoms with Gasteiger partial charge in [-0.05, 0) is 37.6 Å². The summed E-state index contributed by atoms with van der Waals surface area (Å²) in [6, 6.07) is 17.2. The number of aryl methyl sites for hydroxylation is 1. The maximum Gasteiger partial charge on any atom is 0.254 e. The Bertz CT molecular complexity index is 802. The second kappa shape index (κ2) is 7.83. The molecule has 0 saturated carbocycles. The largest absolute Gasteiger partial charge is 0.336 e. The number of rotatable bonds is 3. The molecule has 2 aromatic carbocycles. The van der Waals surface area contributed by atoms with E-state index in [1.54, 1.807) is 0 Å². The van der Waals surface area contributed by atoms with E-state index in [1.807, 2.05) is 18.2 Å². The van der Waals surface area contributed by atoms with Crippen molar-refractivity contribution in [3.05, 3.63) is 70.8 Å². The number of amides is 1. The predicted octanol–water partition coefficient (Wildman–Crippen LogP) is 2.66. The van der Waals surface area contributed by atoms with Crippen LogP contribution in [0, 0.1) is 6.92 Å². The maximum atomic E-state index is 13.3. The Morgan fingerprint density at radius 3 is 2.52 bits per heavy atom. The third-order valence-corrected chi connectivity index (χ3v) is 5.95. The van der Waals surface area contributed by atoms with Crippen molar-refractivity contribution in [1.82, 2.24) is 14.7 Å². The van der Waals surface area contributed by atoms with Gasteiger partial charge in [0.2, 0.25) is 0 Å². The highest BCUT2D eigenvalue weighted by atomic mass is 16.2. The highest BCUT2D eigenvalue weighted by Crippen LogP contribution is 2.20. The molecule has 2 aromatic rings. The summed E-state index contributed by atoms with van der Waals surface area (Å²) in [4.78, 5) is 20.3. The molecule has 4 heteroatoms. The molecule has 27 heavy (non-hydrogen) atoms. The van der Waals surface area contributed by atoms with Gasteiger partial charge >= 0.3 is 0 Å². The SMILES string of the molecule is Cc1ccc(Cc2ccccc2C(=O)N2CCN3CCN(C)C[C@H]3C2)cc1. The molecular weight excluding hydrogens is 334 g/mol. The van der Waals surface area contributed by atoms with Crippen LogP contribution in [-0.4, -0.2) is 73.0 Å². The lowest BCUT2D eigenvalue weighted by Crippen LogP contribution is -2.62. The number of carbonyl (C=O) groups is 1. The molecule has 0 unspecified atom stereocenters. The maximum absolute atomic E-state index is 13.3. The molecule has 2 heterocycles. The fourth-order valence-electron chi connectivity index (χ4n) is 4.27. The van der Waals surface area contributed by atoms with E-state index in [4.69, 9.17) is 0 Å². The van der Waals surface area contributed by atoms with Crippen LogP contribution in [0.4, 0.5) is 0 Å². The lowest BCUT2D eigenvalue weighted by atomic mass is 9.97. The van der Waals surface area contributed by atoms with Gasteiger partial charge in [-0.1, -0.05) is 48.0 Å². The van der Waals surface area contributed by atoms with Gasteiger partial charge in [-0.15, -0.1) is 0 Å². The zero-order chi connectivity index (χ0) is 18.8. The van der Waals surface area contributed by atoms with E-state index >= 15 is 0 Å². The Balaban J connectivity index is 1.51. The van der Waals surface area contributed by atoms with E-state index in [1.165, 1.54) is 11.1 Å². The first kappa shape index (κ1) is 18.2. The summed E-state index contributed by atoms with van der Waals surface area (Å²) in [5.41, 5.74) is 4.49. The number of nitrogens with zero attached hydrogens (tertiary/aromatic N) is 3. The quantitative estimate of drug-likeness (QED) is 0.839. The van der Waals surface area contributed by atoms with Crippen molar-refractivity contribution in [2.75, 3.05) is 46.3 Å². The summed E-state index contributed by atoms with van der Waals surface area (Å²) in [7, 11) is 2.18. The number of carbonyl (C=O) groups excluding carboxylic acids is 1. The summed E-state index contributed by atoms with van der Waals surface area (Å²) in [5.74, 6) is 0.186. The average Bonchev–Trinajstić information content (AvgIpc) is 2.69. The summed E-state index contributed by atoms with van der Waals surface area (Å²) < 4.78 is 0. The van der Waals surface area contributed by atoms with Crippen molar-refractivity contribution in [1.29, 1.82) is 0 Å². The van der Waals surface area contributed by atoms with Gasteiger partial charge in [-0.25, -0.2) is 0 Å². The van der Waals surface area contributed by atoms with E-state index in [2.05, 4.69) is 59.0 Å². The zero-order valence-electron chi connectivity index (χ0n) is 16.4. The van der Waals surface area contributed by atoms with Gasteiger partial charge < -0.3 is 9.80 Å². The number of hydrogen-bond donors (Lipinski definition) is 0. The van der Waals surface area contributed by atoms with Gasteiger partial charge in [-0.3, -0.25) is 9.69 Å². The van der Waals surface area contributed by atoms with Crippen molar-refractivity contribution < 1.29 is 4.79 Å². The molecule has 0 aromatic heterocycles. The lowest BCUT2D eigenvalue weighted by molar-refractivity contribution is 0.0189. The summed E-state index contributed by atoms with van der Waals surface area (Å²) in [6.07, 6.45) is 0.800. The van der Waals surface area contributed by atoms with Crippen LogP contribution in [0.1, 0.15) is 27.0 Å². The van der Waals surface area contributed by atoms with Crippen LogP contribution < -0.4 is 0 Å². The van der Waals surface area contributed by atoms with Crippen LogP contribution in [0.25, 0.3) is 0 Å². The topological polar surface area (TPSA) is 26.8 Å². The van der Waals surface area contributed by atoms with Crippen molar-refractivity contribution in [2.24, 2.45) is 0 Å². The highest BCUT2D eigenvalue weighted by Gasteiger charge is 2.33. The Morgan fingerprint density at radius 1 is 0.963 bits per heavy atom. The van der Waals surface area contributed by atoms with Gasteiger partial charge in [0, 0.05) is 50.9 Å². The van der Waals surface area contributed by atoms with Gasteiger partial charge in [0.05, 0.1) is 0 Å².